The van der Waals surface area contributed by atoms with E-state index in [2.05, 4.69) is 10.9 Å². The number of non-ortho nitro benzene ring substituents is 1. The van der Waals surface area contributed by atoms with E-state index in [0.29, 0.717) is 5.75 Å². The van der Waals surface area contributed by atoms with Crippen LogP contribution in [0.2, 0.25) is 0 Å². The van der Waals surface area contributed by atoms with Gasteiger partial charge in [-0.1, -0.05) is 23.8 Å². The molecular formula is C17H17N3O5. The number of nitro groups is 1. The first-order valence-electron chi connectivity index (χ1n) is 7.45. The van der Waals surface area contributed by atoms with Crippen LogP contribution in [0.25, 0.3) is 0 Å². The van der Waals surface area contributed by atoms with Crippen LogP contribution in [0.3, 0.4) is 0 Å². The molecule has 0 fully saturated rings. The number of carbonyl (C=O) groups excluding carboxylic acids is 2. The summed E-state index contributed by atoms with van der Waals surface area (Å²) in [5.41, 5.74) is 5.33. The largest absolute Gasteiger partial charge is 0.481 e. The Hall–Kier alpha value is -3.42. The van der Waals surface area contributed by atoms with Gasteiger partial charge in [0.1, 0.15) is 5.75 Å². The van der Waals surface area contributed by atoms with Crippen LogP contribution in [0, 0.1) is 17.0 Å². The van der Waals surface area contributed by atoms with Crippen LogP contribution >= 0.6 is 0 Å². The van der Waals surface area contributed by atoms with Crippen LogP contribution < -0.4 is 15.6 Å². The summed E-state index contributed by atoms with van der Waals surface area (Å²) < 4.78 is 5.47. The average molecular weight is 343 g/mol. The number of nitrogens with one attached hydrogen (secondary N) is 2. The van der Waals surface area contributed by atoms with E-state index in [4.69, 9.17) is 4.74 Å². The molecule has 0 aliphatic carbocycles. The van der Waals surface area contributed by atoms with E-state index in [1.54, 1.807) is 12.1 Å². The number of nitro benzene ring substituents is 1. The molecule has 0 saturated heterocycles. The zero-order valence-corrected chi connectivity index (χ0v) is 13.7. The van der Waals surface area contributed by atoms with Crippen molar-refractivity contribution in [2.45, 2.75) is 20.0 Å². The van der Waals surface area contributed by atoms with Gasteiger partial charge in [0, 0.05) is 17.7 Å². The highest BCUT2D eigenvalue weighted by atomic mass is 16.6. The van der Waals surface area contributed by atoms with E-state index < -0.39 is 22.8 Å². The van der Waals surface area contributed by atoms with Crippen molar-refractivity contribution in [1.82, 2.24) is 10.9 Å². The number of hydrogen-bond donors (Lipinski definition) is 2. The van der Waals surface area contributed by atoms with Crippen LogP contribution in [-0.4, -0.2) is 22.8 Å². The third kappa shape index (κ3) is 5.03. The number of hydrogen-bond acceptors (Lipinski definition) is 5. The summed E-state index contributed by atoms with van der Waals surface area (Å²) in [6.07, 6.45) is -0.840. The molecule has 25 heavy (non-hydrogen) atoms. The van der Waals surface area contributed by atoms with Gasteiger partial charge in [-0.15, -0.1) is 0 Å². The normalized spacial score (nSPS) is 11.3. The highest BCUT2D eigenvalue weighted by Crippen LogP contribution is 2.14. The Morgan fingerprint density at radius 1 is 1.12 bits per heavy atom. The molecule has 0 heterocycles. The first-order chi connectivity index (χ1) is 11.9. The molecule has 2 rings (SSSR count). The Morgan fingerprint density at radius 2 is 1.80 bits per heavy atom. The van der Waals surface area contributed by atoms with Gasteiger partial charge in [0.05, 0.1) is 4.92 Å². The van der Waals surface area contributed by atoms with E-state index in [9.17, 15) is 19.7 Å². The number of hydrazine groups is 1. The van der Waals surface area contributed by atoms with Gasteiger partial charge in [-0.25, -0.2) is 0 Å². The molecule has 2 N–H and O–H groups in total. The first kappa shape index (κ1) is 17.9. The number of aryl methyl sites for hydroxylation is 1. The lowest BCUT2D eigenvalue weighted by Gasteiger charge is -2.15. The maximum absolute atomic E-state index is 12.0. The minimum absolute atomic E-state index is 0.0570. The molecule has 1 atom stereocenters. The maximum atomic E-state index is 12.0. The molecule has 0 spiro atoms. The lowest BCUT2D eigenvalue weighted by atomic mass is 10.2. The van der Waals surface area contributed by atoms with Crippen molar-refractivity contribution in [2.24, 2.45) is 0 Å². The van der Waals surface area contributed by atoms with Crippen molar-refractivity contribution in [2.75, 3.05) is 0 Å². The molecule has 0 radical (unpaired) electrons. The Labute approximate surface area is 143 Å². The van der Waals surface area contributed by atoms with Crippen molar-refractivity contribution in [3.8, 4) is 5.75 Å². The van der Waals surface area contributed by atoms with Gasteiger partial charge in [0.25, 0.3) is 17.5 Å². The zero-order chi connectivity index (χ0) is 18.4. The summed E-state index contributed by atoms with van der Waals surface area (Å²) in [4.78, 5) is 34.0. The van der Waals surface area contributed by atoms with Gasteiger partial charge >= 0.3 is 0 Å². The van der Waals surface area contributed by atoms with E-state index in [0.717, 1.165) is 11.6 Å². The molecule has 130 valence electrons. The lowest BCUT2D eigenvalue weighted by Crippen LogP contribution is -2.47. The molecule has 0 aliphatic rings. The summed E-state index contributed by atoms with van der Waals surface area (Å²) in [5.74, 6) is -0.697. The number of nitrogens with zero attached hydrogens (tertiary/aromatic N) is 1. The summed E-state index contributed by atoms with van der Waals surface area (Å²) in [6, 6.07) is 12.4. The molecule has 0 bridgehead atoms. The standard InChI is InChI=1S/C17H17N3O5/c1-11-6-8-15(9-7-11)25-12(2)16(21)18-19-17(22)13-4-3-5-14(10-13)20(23)24/h3-10,12H,1-2H3,(H,18,21)(H,19,22). The zero-order valence-electron chi connectivity index (χ0n) is 13.7. The van der Waals surface area contributed by atoms with Gasteiger partial charge in [-0.05, 0) is 32.0 Å². The summed E-state index contributed by atoms with van der Waals surface area (Å²) >= 11 is 0. The molecule has 0 aromatic heterocycles. The summed E-state index contributed by atoms with van der Waals surface area (Å²) in [7, 11) is 0. The topological polar surface area (TPSA) is 111 Å². The second-order valence-corrected chi connectivity index (χ2v) is 5.32. The van der Waals surface area contributed by atoms with Crippen molar-refractivity contribution >= 4 is 17.5 Å². The third-order valence-electron chi connectivity index (χ3n) is 3.32. The Morgan fingerprint density at radius 3 is 2.44 bits per heavy atom. The van der Waals surface area contributed by atoms with Gasteiger partial charge < -0.3 is 4.74 Å². The van der Waals surface area contributed by atoms with E-state index in [-0.39, 0.29) is 11.3 Å². The van der Waals surface area contributed by atoms with Crippen molar-refractivity contribution in [3.05, 3.63) is 69.8 Å². The molecule has 2 aromatic carbocycles. The first-order valence-corrected chi connectivity index (χ1v) is 7.45. The minimum Gasteiger partial charge on any atom is -0.481 e. The fraction of sp³-hybridized carbons (Fsp3) is 0.176. The molecular weight excluding hydrogens is 326 g/mol. The Bertz CT molecular complexity index is 789. The Kier molecular flexibility index (Phi) is 5.67. The highest BCUT2D eigenvalue weighted by molar-refractivity contribution is 5.96. The van der Waals surface area contributed by atoms with Crippen molar-refractivity contribution in [3.63, 3.8) is 0 Å². The summed E-state index contributed by atoms with van der Waals surface area (Å²) in [6.45, 7) is 3.47. The minimum atomic E-state index is -0.840. The van der Waals surface area contributed by atoms with Crippen LogP contribution in [0.1, 0.15) is 22.8 Å². The number of carbonyl (C=O) groups is 2. The fourth-order valence-corrected chi connectivity index (χ4v) is 1.93. The van der Waals surface area contributed by atoms with Crippen molar-refractivity contribution < 1.29 is 19.2 Å². The molecule has 8 heteroatoms. The molecule has 0 aliphatic heterocycles. The quantitative estimate of drug-likeness (QED) is 0.638. The SMILES string of the molecule is Cc1ccc(OC(C)C(=O)NNC(=O)c2cccc([N+](=O)[O-])c2)cc1. The Balaban J connectivity index is 1.90. The van der Waals surface area contributed by atoms with Gasteiger partial charge in [0.15, 0.2) is 6.10 Å². The lowest BCUT2D eigenvalue weighted by molar-refractivity contribution is -0.384. The molecule has 2 amide bonds. The van der Waals surface area contributed by atoms with E-state index >= 15 is 0 Å². The van der Waals surface area contributed by atoms with Gasteiger partial charge in [-0.2, -0.15) is 0 Å². The average Bonchev–Trinajstić information content (AvgIpc) is 2.61. The number of amides is 2. The van der Waals surface area contributed by atoms with Gasteiger partial charge in [0.2, 0.25) is 0 Å². The number of rotatable bonds is 5. The fourth-order valence-electron chi connectivity index (χ4n) is 1.93. The highest BCUT2D eigenvalue weighted by Gasteiger charge is 2.17. The van der Waals surface area contributed by atoms with Crippen LogP contribution in [0.5, 0.6) is 5.75 Å². The maximum Gasteiger partial charge on any atom is 0.279 e. The number of ether oxygens (including phenoxy) is 1. The molecule has 0 saturated carbocycles. The summed E-state index contributed by atoms with van der Waals surface area (Å²) in [5, 5.41) is 10.7. The van der Waals surface area contributed by atoms with Crippen LogP contribution in [0.4, 0.5) is 5.69 Å². The molecule has 2 aromatic rings. The predicted molar refractivity (Wildman–Crippen MR) is 90.0 cm³/mol. The van der Waals surface area contributed by atoms with E-state index in [1.807, 2.05) is 19.1 Å². The third-order valence-corrected chi connectivity index (χ3v) is 3.32. The smallest absolute Gasteiger partial charge is 0.279 e. The molecule has 1 unspecified atom stereocenters. The monoisotopic (exact) mass is 343 g/mol. The van der Waals surface area contributed by atoms with Crippen LogP contribution in [0.15, 0.2) is 48.5 Å². The second-order valence-electron chi connectivity index (χ2n) is 5.32. The van der Waals surface area contributed by atoms with E-state index in [1.165, 1.54) is 25.1 Å². The van der Waals surface area contributed by atoms with Gasteiger partial charge in [-0.3, -0.25) is 30.6 Å². The predicted octanol–water partition coefficient (Wildman–Crippen LogP) is 2.13. The van der Waals surface area contributed by atoms with Crippen molar-refractivity contribution in [1.29, 1.82) is 0 Å². The number of benzene rings is 2. The molecule has 8 nitrogen and oxygen atoms in total. The van der Waals surface area contributed by atoms with Crippen LogP contribution in [-0.2, 0) is 4.79 Å². The second kappa shape index (κ2) is 7.91.